The molecular formula is C27H40N2O2. The quantitative estimate of drug-likeness (QED) is 0.364. The van der Waals surface area contributed by atoms with Crippen LogP contribution in [-0.2, 0) is 0 Å². The molecule has 2 rings (SSSR count). The van der Waals surface area contributed by atoms with Crippen LogP contribution < -0.4 is 9.47 Å². The molecule has 0 atom stereocenters. The lowest BCUT2D eigenvalue weighted by molar-refractivity contribution is 0.223. The van der Waals surface area contributed by atoms with E-state index in [1.54, 1.807) is 0 Å². The van der Waals surface area contributed by atoms with Crippen molar-refractivity contribution in [3.8, 4) is 11.5 Å². The molecule has 0 aliphatic heterocycles. The zero-order chi connectivity index (χ0) is 22.5. The van der Waals surface area contributed by atoms with Gasteiger partial charge >= 0.3 is 0 Å². The van der Waals surface area contributed by atoms with Crippen molar-refractivity contribution in [3.63, 3.8) is 0 Å². The van der Waals surface area contributed by atoms with E-state index in [0.29, 0.717) is 0 Å². The van der Waals surface area contributed by atoms with E-state index in [1.807, 2.05) is 12.1 Å². The van der Waals surface area contributed by atoms with Crippen LogP contribution in [-0.4, -0.2) is 62.3 Å². The number of hydrogen-bond acceptors (Lipinski definition) is 4. The fourth-order valence-corrected chi connectivity index (χ4v) is 3.47. The Morgan fingerprint density at radius 2 is 1.10 bits per heavy atom. The monoisotopic (exact) mass is 424 g/mol. The second kappa shape index (κ2) is 13.9. The minimum Gasteiger partial charge on any atom is -0.492 e. The summed E-state index contributed by atoms with van der Waals surface area (Å²) in [6.07, 6.45) is 2.20. The number of allylic oxidation sites excluding steroid dienone is 1. The normalized spacial score (nSPS) is 11.9. The largest absolute Gasteiger partial charge is 0.492 e. The van der Waals surface area contributed by atoms with Crippen LogP contribution in [0.1, 0.15) is 45.7 Å². The number of nitrogens with zero attached hydrogens (tertiary/aromatic N) is 2. The third-order valence-corrected chi connectivity index (χ3v) is 5.71. The second-order valence-electron chi connectivity index (χ2n) is 7.67. The van der Waals surface area contributed by atoms with Gasteiger partial charge in [0.15, 0.2) is 0 Å². The van der Waals surface area contributed by atoms with Gasteiger partial charge in [0.05, 0.1) is 0 Å². The Morgan fingerprint density at radius 3 is 1.52 bits per heavy atom. The molecule has 0 aromatic heterocycles. The smallest absolute Gasteiger partial charge is 0.119 e. The Hall–Kier alpha value is -2.30. The molecule has 0 aliphatic rings. The maximum absolute atomic E-state index is 5.89. The van der Waals surface area contributed by atoms with Crippen molar-refractivity contribution in [2.75, 3.05) is 52.5 Å². The predicted octanol–water partition coefficient (Wildman–Crippen LogP) is 5.69. The molecule has 4 heteroatoms. The summed E-state index contributed by atoms with van der Waals surface area (Å²) in [6, 6.07) is 16.7. The Morgan fingerprint density at radius 1 is 0.677 bits per heavy atom. The number of hydrogen-bond donors (Lipinski definition) is 0. The summed E-state index contributed by atoms with van der Waals surface area (Å²) >= 11 is 0. The summed E-state index contributed by atoms with van der Waals surface area (Å²) in [5, 5.41) is 0. The number of likely N-dealkylation sites (N-methyl/N-ethyl adjacent to an activating group) is 2. The van der Waals surface area contributed by atoms with Crippen molar-refractivity contribution in [1.82, 2.24) is 9.80 Å². The first-order valence-electron chi connectivity index (χ1n) is 11.7. The van der Waals surface area contributed by atoms with E-state index >= 15 is 0 Å². The molecule has 0 unspecified atom stereocenters. The second-order valence-corrected chi connectivity index (χ2v) is 7.67. The minimum atomic E-state index is 0.721. The fraction of sp³-hybridized carbons (Fsp3) is 0.481. The Kier molecular flexibility index (Phi) is 11.2. The summed E-state index contributed by atoms with van der Waals surface area (Å²) in [5.41, 5.74) is 3.61. The molecule has 31 heavy (non-hydrogen) atoms. The average Bonchev–Trinajstić information content (AvgIpc) is 2.81. The summed E-state index contributed by atoms with van der Waals surface area (Å²) in [4.78, 5) is 4.73. The van der Waals surface area contributed by atoms with Crippen molar-refractivity contribution in [2.45, 2.75) is 34.6 Å². The van der Waals surface area contributed by atoms with Gasteiger partial charge in [0.1, 0.15) is 24.7 Å². The molecule has 2 aromatic rings. The fourth-order valence-electron chi connectivity index (χ4n) is 3.47. The maximum Gasteiger partial charge on any atom is 0.119 e. The number of benzene rings is 2. The van der Waals surface area contributed by atoms with E-state index in [9.17, 15) is 0 Å². The highest BCUT2D eigenvalue weighted by atomic mass is 16.5. The first-order chi connectivity index (χ1) is 15.1. The van der Waals surface area contributed by atoms with Gasteiger partial charge in [0.2, 0.25) is 0 Å². The van der Waals surface area contributed by atoms with Gasteiger partial charge in [-0.15, -0.1) is 0 Å². The van der Waals surface area contributed by atoms with Crippen LogP contribution in [0.25, 0.3) is 11.6 Å². The zero-order valence-electron chi connectivity index (χ0n) is 20.1. The van der Waals surface area contributed by atoms with Crippen LogP contribution >= 0.6 is 0 Å². The van der Waals surface area contributed by atoms with Crippen molar-refractivity contribution in [3.05, 3.63) is 59.7 Å². The summed E-state index contributed by atoms with van der Waals surface area (Å²) in [7, 11) is 0. The van der Waals surface area contributed by atoms with E-state index < -0.39 is 0 Å². The third-order valence-electron chi connectivity index (χ3n) is 5.71. The highest BCUT2D eigenvalue weighted by Gasteiger charge is 2.02. The molecule has 0 fully saturated rings. The molecule has 4 nitrogen and oxygen atoms in total. The molecule has 0 aliphatic carbocycles. The Bertz CT molecular complexity index is 761. The van der Waals surface area contributed by atoms with Crippen LogP contribution in [0.2, 0.25) is 0 Å². The number of rotatable bonds is 14. The highest BCUT2D eigenvalue weighted by molar-refractivity contribution is 5.80. The molecule has 0 amide bonds. The van der Waals surface area contributed by atoms with Gasteiger partial charge in [-0.1, -0.05) is 58.0 Å². The van der Waals surface area contributed by atoms with Crippen molar-refractivity contribution in [1.29, 1.82) is 0 Å². The molecule has 2 aromatic carbocycles. The van der Waals surface area contributed by atoms with Gasteiger partial charge in [-0.2, -0.15) is 0 Å². The number of ether oxygens (including phenoxy) is 2. The highest BCUT2D eigenvalue weighted by Crippen LogP contribution is 2.22. The van der Waals surface area contributed by atoms with Gasteiger partial charge in [0.25, 0.3) is 0 Å². The van der Waals surface area contributed by atoms with Gasteiger partial charge in [-0.3, -0.25) is 0 Å². The summed E-state index contributed by atoms with van der Waals surface area (Å²) in [5.74, 6) is 1.85. The molecule has 0 spiro atoms. The third kappa shape index (κ3) is 8.76. The lowest BCUT2D eigenvalue weighted by atomic mass is 10.0. The van der Waals surface area contributed by atoms with Crippen molar-refractivity contribution < 1.29 is 9.47 Å². The topological polar surface area (TPSA) is 24.9 Å². The van der Waals surface area contributed by atoms with E-state index in [2.05, 4.69) is 86.9 Å². The molecule has 0 N–H and O–H groups in total. The zero-order valence-corrected chi connectivity index (χ0v) is 20.1. The minimum absolute atomic E-state index is 0.721. The molecule has 0 bridgehead atoms. The van der Waals surface area contributed by atoms with Gasteiger partial charge in [0, 0.05) is 13.1 Å². The van der Waals surface area contributed by atoms with Gasteiger partial charge in [-0.25, -0.2) is 0 Å². The van der Waals surface area contributed by atoms with Crippen LogP contribution in [0.4, 0.5) is 0 Å². The summed E-state index contributed by atoms with van der Waals surface area (Å²) in [6.45, 7) is 18.5. The molecular weight excluding hydrogens is 384 g/mol. The SMILES string of the molecule is CCN(CC)CCOc1ccc(/C=C(/C)c2ccc(OCCN(CC)CC)cc2)cc1. The lowest BCUT2D eigenvalue weighted by Gasteiger charge is -2.18. The average molecular weight is 425 g/mol. The van der Waals surface area contributed by atoms with Gasteiger partial charge in [-0.05, 0) is 74.1 Å². The van der Waals surface area contributed by atoms with Crippen LogP contribution in [0.5, 0.6) is 11.5 Å². The predicted molar refractivity (Wildman–Crippen MR) is 133 cm³/mol. The first kappa shape index (κ1) is 25.0. The Balaban J connectivity index is 1.86. The molecule has 0 radical (unpaired) electrons. The van der Waals surface area contributed by atoms with E-state index in [-0.39, 0.29) is 0 Å². The van der Waals surface area contributed by atoms with Crippen LogP contribution in [0, 0.1) is 0 Å². The lowest BCUT2D eigenvalue weighted by Crippen LogP contribution is -2.27. The van der Waals surface area contributed by atoms with Crippen molar-refractivity contribution in [2.24, 2.45) is 0 Å². The van der Waals surface area contributed by atoms with E-state index in [0.717, 1.165) is 64.0 Å². The molecule has 0 saturated carbocycles. The first-order valence-corrected chi connectivity index (χ1v) is 11.7. The molecule has 170 valence electrons. The van der Waals surface area contributed by atoms with E-state index in [1.165, 1.54) is 16.7 Å². The van der Waals surface area contributed by atoms with Crippen molar-refractivity contribution >= 4 is 11.6 Å². The van der Waals surface area contributed by atoms with Gasteiger partial charge < -0.3 is 19.3 Å². The molecule has 0 saturated heterocycles. The standard InChI is InChI=1S/C27H40N2O2/c1-6-28(7-2)18-20-30-26-14-10-24(11-15-26)22-23(5)25-12-16-27(17-13-25)31-21-19-29(8-3)9-4/h10-17,22H,6-9,18-21H2,1-5H3/b23-22-. The Labute approximate surface area is 189 Å². The molecule has 0 heterocycles. The van der Waals surface area contributed by atoms with Crippen LogP contribution in [0.3, 0.4) is 0 Å². The summed E-state index contributed by atoms with van der Waals surface area (Å²) < 4.78 is 11.8. The maximum atomic E-state index is 5.89. The van der Waals surface area contributed by atoms with E-state index in [4.69, 9.17) is 9.47 Å². The van der Waals surface area contributed by atoms with Crippen LogP contribution in [0.15, 0.2) is 48.5 Å².